The lowest BCUT2D eigenvalue weighted by Crippen LogP contribution is -1.97. The molecule has 0 saturated carbocycles. The van der Waals surface area contributed by atoms with Gasteiger partial charge in [-0.3, -0.25) is 0 Å². The standard InChI is InChI=1S/C17H12F2O2/c18-16-6-1-11(7-17(16)19)10-21-15-5-3-12-2-4-14(20)8-13(12)9-15/h1-9,20H,10H2. The molecule has 0 aromatic heterocycles. The van der Waals surface area contributed by atoms with Gasteiger partial charge in [0.1, 0.15) is 18.1 Å². The van der Waals surface area contributed by atoms with Crippen molar-refractivity contribution < 1.29 is 18.6 Å². The summed E-state index contributed by atoms with van der Waals surface area (Å²) in [5.74, 6) is -0.988. The molecular formula is C17H12F2O2. The summed E-state index contributed by atoms with van der Waals surface area (Å²) in [5, 5.41) is 11.3. The second-order valence-electron chi connectivity index (χ2n) is 4.73. The Balaban J connectivity index is 1.79. The molecule has 0 unspecified atom stereocenters. The molecule has 0 heterocycles. The van der Waals surface area contributed by atoms with Gasteiger partial charge in [-0.2, -0.15) is 0 Å². The van der Waals surface area contributed by atoms with Crippen LogP contribution in [0.4, 0.5) is 8.78 Å². The summed E-state index contributed by atoms with van der Waals surface area (Å²) in [7, 11) is 0. The van der Waals surface area contributed by atoms with Gasteiger partial charge in [0.25, 0.3) is 0 Å². The molecule has 4 heteroatoms. The SMILES string of the molecule is Oc1ccc2ccc(OCc3ccc(F)c(F)c3)cc2c1. The van der Waals surface area contributed by atoms with Gasteiger partial charge in [-0.25, -0.2) is 8.78 Å². The lowest BCUT2D eigenvalue weighted by Gasteiger charge is -2.08. The minimum atomic E-state index is -0.889. The average Bonchev–Trinajstić information content (AvgIpc) is 2.48. The van der Waals surface area contributed by atoms with Crippen molar-refractivity contribution >= 4 is 10.8 Å². The molecule has 0 aliphatic rings. The van der Waals surface area contributed by atoms with Gasteiger partial charge in [0, 0.05) is 0 Å². The lowest BCUT2D eigenvalue weighted by atomic mass is 10.1. The summed E-state index contributed by atoms with van der Waals surface area (Å²) >= 11 is 0. The summed E-state index contributed by atoms with van der Waals surface area (Å²) in [6, 6.07) is 14.2. The summed E-state index contributed by atoms with van der Waals surface area (Å²) in [4.78, 5) is 0. The van der Waals surface area contributed by atoms with Crippen LogP contribution in [0.15, 0.2) is 54.6 Å². The summed E-state index contributed by atoms with van der Waals surface area (Å²) in [5.41, 5.74) is 0.546. The average molecular weight is 286 g/mol. The van der Waals surface area contributed by atoms with Crippen LogP contribution in [0, 0.1) is 11.6 Å². The number of hydrogen-bond acceptors (Lipinski definition) is 2. The third-order valence-electron chi connectivity index (χ3n) is 3.18. The zero-order valence-electron chi connectivity index (χ0n) is 11.0. The predicted octanol–water partition coefficient (Wildman–Crippen LogP) is 4.40. The molecule has 2 nitrogen and oxygen atoms in total. The van der Waals surface area contributed by atoms with Crippen molar-refractivity contribution in [3.05, 3.63) is 71.8 Å². The second kappa shape index (κ2) is 5.40. The van der Waals surface area contributed by atoms with Gasteiger partial charge in [-0.05, 0) is 52.7 Å². The molecule has 0 fully saturated rings. The Bertz CT molecular complexity index is 800. The fourth-order valence-corrected chi connectivity index (χ4v) is 2.10. The molecule has 3 rings (SSSR count). The van der Waals surface area contributed by atoms with Gasteiger partial charge < -0.3 is 9.84 Å². The van der Waals surface area contributed by atoms with E-state index in [1.165, 1.54) is 6.07 Å². The molecule has 0 aliphatic carbocycles. The van der Waals surface area contributed by atoms with E-state index < -0.39 is 11.6 Å². The zero-order chi connectivity index (χ0) is 14.8. The number of ether oxygens (including phenoxy) is 1. The van der Waals surface area contributed by atoms with E-state index in [4.69, 9.17) is 4.74 Å². The number of benzene rings is 3. The number of phenols is 1. The van der Waals surface area contributed by atoms with E-state index in [2.05, 4.69) is 0 Å². The first-order valence-electron chi connectivity index (χ1n) is 6.41. The van der Waals surface area contributed by atoms with E-state index in [-0.39, 0.29) is 12.4 Å². The third kappa shape index (κ3) is 2.94. The minimum Gasteiger partial charge on any atom is -0.508 e. The van der Waals surface area contributed by atoms with Gasteiger partial charge in [-0.1, -0.05) is 18.2 Å². The van der Waals surface area contributed by atoms with Crippen molar-refractivity contribution in [2.45, 2.75) is 6.61 Å². The van der Waals surface area contributed by atoms with Crippen LogP contribution in [0.3, 0.4) is 0 Å². The van der Waals surface area contributed by atoms with E-state index in [1.54, 1.807) is 24.3 Å². The van der Waals surface area contributed by atoms with E-state index in [0.717, 1.165) is 22.9 Å². The molecule has 0 saturated heterocycles. The highest BCUT2D eigenvalue weighted by molar-refractivity contribution is 5.85. The Kier molecular flexibility index (Phi) is 3.44. The predicted molar refractivity (Wildman–Crippen MR) is 76.3 cm³/mol. The number of fused-ring (bicyclic) bond motifs is 1. The van der Waals surface area contributed by atoms with Gasteiger partial charge in [0.2, 0.25) is 0 Å². The molecule has 0 spiro atoms. The normalized spacial score (nSPS) is 10.8. The molecule has 0 aliphatic heterocycles. The maximum Gasteiger partial charge on any atom is 0.159 e. The van der Waals surface area contributed by atoms with Crippen LogP contribution >= 0.6 is 0 Å². The first-order chi connectivity index (χ1) is 10.1. The first-order valence-corrected chi connectivity index (χ1v) is 6.41. The van der Waals surface area contributed by atoms with E-state index in [1.807, 2.05) is 12.1 Å². The molecule has 21 heavy (non-hydrogen) atoms. The second-order valence-corrected chi connectivity index (χ2v) is 4.73. The maximum atomic E-state index is 13.1. The van der Waals surface area contributed by atoms with Crippen LogP contribution in [0.25, 0.3) is 10.8 Å². The summed E-state index contributed by atoms with van der Waals surface area (Å²) in [6.07, 6.45) is 0. The molecular weight excluding hydrogens is 274 g/mol. The third-order valence-corrected chi connectivity index (χ3v) is 3.18. The van der Waals surface area contributed by atoms with E-state index >= 15 is 0 Å². The Hall–Kier alpha value is -2.62. The number of phenolic OH excluding ortho intramolecular Hbond substituents is 1. The maximum absolute atomic E-state index is 13.1. The topological polar surface area (TPSA) is 29.5 Å². The highest BCUT2D eigenvalue weighted by Crippen LogP contribution is 2.25. The van der Waals surface area contributed by atoms with Crippen LogP contribution < -0.4 is 4.74 Å². The number of halogens is 2. The zero-order valence-corrected chi connectivity index (χ0v) is 11.0. The molecule has 3 aromatic rings. The van der Waals surface area contributed by atoms with Crippen LogP contribution in [-0.2, 0) is 6.61 Å². The largest absolute Gasteiger partial charge is 0.508 e. The van der Waals surface area contributed by atoms with Crippen molar-refractivity contribution in [3.63, 3.8) is 0 Å². The number of rotatable bonds is 3. The highest BCUT2D eigenvalue weighted by atomic mass is 19.2. The van der Waals surface area contributed by atoms with Crippen molar-refractivity contribution in [1.29, 1.82) is 0 Å². The quantitative estimate of drug-likeness (QED) is 0.773. The molecule has 0 bridgehead atoms. The fraction of sp³-hybridized carbons (Fsp3) is 0.0588. The Morgan fingerprint density at radius 3 is 2.43 bits per heavy atom. The molecule has 1 N–H and O–H groups in total. The smallest absolute Gasteiger partial charge is 0.159 e. The lowest BCUT2D eigenvalue weighted by molar-refractivity contribution is 0.305. The van der Waals surface area contributed by atoms with E-state index in [0.29, 0.717) is 11.3 Å². The fourth-order valence-electron chi connectivity index (χ4n) is 2.10. The van der Waals surface area contributed by atoms with Crippen LogP contribution in [-0.4, -0.2) is 5.11 Å². The van der Waals surface area contributed by atoms with E-state index in [9.17, 15) is 13.9 Å². The summed E-state index contributed by atoms with van der Waals surface area (Å²) in [6.45, 7) is 0.140. The Morgan fingerprint density at radius 2 is 1.62 bits per heavy atom. The Labute approximate surface area is 120 Å². The van der Waals surface area contributed by atoms with Gasteiger partial charge in [0.05, 0.1) is 0 Å². The molecule has 0 radical (unpaired) electrons. The first kappa shape index (κ1) is 13.4. The molecule has 106 valence electrons. The summed E-state index contributed by atoms with van der Waals surface area (Å²) < 4.78 is 31.5. The van der Waals surface area contributed by atoms with Crippen LogP contribution in [0.2, 0.25) is 0 Å². The van der Waals surface area contributed by atoms with Crippen LogP contribution in [0.1, 0.15) is 5.56 Å². The van der Waals surface area contributed by atoms with Crippen LogP contribution in [0.5, 0.6) is 11.5 Å². The Morgan fingerprint density at radius 1 is 0.810 bits per heavy atom. The minimum absolute atomic E-state index is 0.140. The van der Waals surface area contributed by atoms with Crippen molar-refractivity contribution in [1.82, 2.24) is 0 Å². The highest BCUT2D eigenvalue weighted by Gasteiger charge is 2.04. The van der Waals surface area contributed by atoms with Gasteiger partial charge in [-0.15, -0.1) is 0 Å². The molecule has 0 atom stereocenters. The monoisotopic (exact) mass is 286 g/mol. The molecule has 3 aromatic carbocycles. The molecule has 0 amide bonds. The number of hydrogen-bond donors (Lipinski definition) is 1. The van der Waals surface area contributed by atoms with Crippen molar-refractivity contribution in [2.24, 2.45) is 0 Å². The number of aromatic hydroxyl groups is 1. The van der Waals surface area contributed by atoms with Gasteiger partial charge >= 0.3 is 0 Å². The van der Waals surface area contributed by atoms with Crippen molar-refractivity contribution in [2.75, 3.05) is 0 Å². The van der Waals surface area contributed by atoms with Crippen molar-refractivity contribution in [3.8, 4) is 11.5 Å². The van der Waals surface area contributed by atoms with Gasteiger partial charge in [0.15, 0.2) is 11.6 Å².